The van der Waals surface area contributed by atoms with Crippen LogP contribution >= 0.6 is 15.6 Å². The lowest BCUT2D eigenvalue weighted by atomic mass is 10.0. The molecule has 19 heteroatoms. The molecule has 0 aromatic carbocycles. The Hall–Kier alpha value is -1.94. The van der Waals surface area contributed by atoms with Crippen LogP contribution in [0.3, 0.4) is 0 Å². The van der Waals surface area contributed by atoms with Crippen LogP contribution in [0.1, 0.15) is 413 Å². The molecular weight excluding hydrogens is 1270 g/mol. The van der Waals surface area contributed by atoms with Gasteiger partial charge >= 0.3 is 39.5 Å². The molecule has 576 valence electrons. The van der Waals surface area contributed by atoms with Gasteiger partial charge in [0, 0.05) is 25.7 Å². The van der Waals surface area contributed by atoms with E-state index in [-0.39, 0.29) is 25.7 Å². The Morgan fingerprint density at radius 3 is 0.701 bits per heavy atom. The van der Waals surface area contributed by atoms with E-state index in [0.717, 1.165) is 95.8 Å². The molecule has 0 aromatic rings. The molecule has 0 saturated carbocycles. The molecule has 0 aliphatic carbocycles. The SMILES string of the molecule is CCCCCCCCCCCCCCCCCCC(=O)OC[C@H](COP(=O)(O)OC[C@@H](O)COP(=O)(O)OC[C@@H](COC(=O)CCCCCCCCCCCCC)OC(=O)CCCCCCCCCCCCCCC)OC(=O)CCCCCCCCCCCCCCCCC(C)C. The summed E-state index contributed by atoms with van der Waals surface area (Å²) in [6, 6.07) is 0. The van der Waals surface area contributed by atoms with Crippen LogP contribution in [0, 0.1) is 5.92 Å². The average molecular weight is 1420 g/mol. The van der Waals surface area contributed by atoms with Gasteiger partial charge in [-0.25, -0.2) is 9.13 Å². The summed E-state index contributed by atoms with van der Waals surface area (Å²) in [5.41, 5.74) is 0. The molecule has 0 saturated heterocycles. The zero-order valence-corrected chi connectivity index (χ0v) is 65.0. The van der Waals surface area contributed by atoms with Crippen LogP contribution in [0.15, 0.2) is 0 Å². The van der Waals surface area contributed by atoms with Crippen molar-refractivity contribution in [2.24, 2.45) is 5.92 Å². The second kappa shape index (κ2) is 71.1. The number of hydrogen-bond acceptors (Lipinski definition) is 15. The highest BCUT2D eigenvalue weighted by molar-refractivity contribution is 7.47. The van der Waals surface area contributed by atoms with Gasteiger partial charge in [-0.3, -0.25) is 37.3 Å². The molecule has 2 unspecified atom stereocenters. The van der Waals surface area contributed by atoms with E-state index in [0.29, 0.717) is 25.7 Å². The number of phosphoric ester groups is 2. The lowest BCUT2D eigenvalue weighted by Crippen LogP contribution is -2.30. The molecule has 0 spiro atoms. The molecular formula is C78H152O17P2. The van der Waals surface area contributed by atoms with Gasteiger partial charge in [-0.05, 0) is 31.6 Å². The van der Waals surface area contributed by atoms with E-state index >= 15 is 0 Å². The minimum absolute atomic E-state index is 0.108. The van der Waals surface area contributed by atoms with Crippen molar-refractivity contribution < 1.29 is 80.2 Å². The number of hydrogen-bond donors (Lipinski definition) is 3. The maximum Gasteiger partial charge on any atom is 0.472 e. The van der Waals surface area contributed by atoms with Crippen LogP contribution in [0.25, 0.3) is 0 Å². The van der Waals surface area contributed by atoms with Gasteiger partial charge in [-0.15, -0.1) is 0 Å². The Labute approximate surface area is 594 Å². The molecule has 17 nitrogen and oxygen atoms in total. The van der Waals surface area contributed by atoms with E-state index in [1.165, 1.54) is 238 Å². The summed E-state index contributed by atoms with van der Waals surface area (Å²) >= 11 is 0. The van der Waals surface area contributed by atoms with Crippen LogP contribution in [-0.2, 0) is 65.4 Å². The minimum atomic E-state index is -4.96. The van der Waals surface area contributed by atoms with Crippen molar-refractivity contribution in [1.82, 2.24) is 0 Å². The number of rotatable bonds is 78. The van der Waals surface area contributed by atoms with Crippen LogP contribution in [-0.4, -0.2) is 96.7 Å². The Balaban J connectivity index is 5.25. The summed E-state index contributed by atoms with van der Waals surface area (Å²) in [6.07, 6.45) is 60.8. The zero-order chi connectivity index (χ0) is 71.2. The molecule has 0 aliphatic rings. The number of carbonyl (C=O) groups excluding carboxylic acids is 4. The molecule has 0 heterocycles. The molecule has 97 heavy (non-hydrogen) atoms. The molecule has 0 aromatic heterocycles. The molecule has 0 radical (unpaired) electrons. The Kier molecular flexibility index (Phi) is 69.6. The first kappa shape index (κ1) is 95.1. The highest BCUT2D eigenvalue weighted by Gasteiger charge is 2.30. The zero-order valence-electron chi connectivity index (χ0n) is 63.2. The first-order valence-corrected chi connectivity index (χ1v) is 43.6. The Bertz CT molecular complexity index is 1860. The fourth-order valence-electron chi connectivity index (χ4n) is 12.1. The molecule has 0 aliphatic heterocycles. The predicted octanol–water partition coefficient (Wildman–Crippen LogP) is 23.3. The van der Waals surface area contributed by atoms with Crippen molar-refractivity contribution in [3.63, 3.8) is 0 Å². The van der Waals surface area contributed by atoms with E-state index in [1.807, 2.05) is 0 Å². The number of phosphoric acid groups is 2. The molecule has 5 atom stereocenters. The molecule has 0 bridgehead atoms. The fraction of sp³-hybridized carbons (Fsp3) is 0.949. The average Bonchev–Trinajstić information content (AvgIpc) is 1.70. The summed E-state index contributed by atoms with van der Waals surface area (Å²) < 4.78 is 68.6. The van der Waals surface area contributed by atoms with Gasteiger partial charge in [-0.1, -0.05) is 362 Å². The Morgan fingerprint density at radius 2 is 0.474 bits per heavy atom. The summed E-state index contributed by atoms with van der Waals surface area (Å²) in [7, 11) is -9.91. The van der Waals surface area contributed by atoms with Crippen molar-refractivity contribution in [2.75, 3.05) is 39.6 Å². The van der Waals surface area contributed by atoms with Crippen LogP contribution in [0.4, 0.5) is 0 Å². The molecule has 0 fully saturated rings. The van der Waals surface area contributed by atoms with E-state index in [1.54, 1.807) is 0 Å². The minimum Gasteiger partial charge on any atom is -0.462 e. The Morgan fingerprint density at radius 1 is 0.278 bits per heavy atom. The van der Waals surface area contributed by atoms with Gasteiger partial charge in [0.2, 0.25) is 0 Å². The van der Waals surface area contributed by atoms with Crippen molar-refractivity contribution in [2.45, 2.75) is 432 Å². The van der Waals surface area contributed by atoms with E-state index in [9.17, 15) is 43.2 Å². The highest BCUT2D eigenvalue weighted by atomic mass is 31.2. The fourth-order valence-corrected chi connectivity index (χ4v) is 13.6. The number of unbranched alkanes of at least 4 members (excludes halogenated alkanes) is 50. The number of carbonyl (C=O) groups is 4. The normalized spacial score (nSPS) is 13.9. The van der Waals surface area contributed by atoms with Crippen LogP contribution < -0.4 is 0 Å². The first-order chi connectivity index (χ1) is 47.0. The topological polar surface area (TPSA) is 237 Å². The van der Waals surface area contributed by atoms with E-state index in [2.05, 4.69) is 34.6 Å². The van der Waals surface area contributed by atoms with Gasteiger partial charge in [0.05, 0.1) is 26.4 Å². The second-order valence-electron chi connectivity index (χ2n) is 28.6. The van der Waals surface area contributed by atoms with E-state index < -0.39 is 97.5 Å². The quantitative estimate of drug-likeness (QED) is 0.0222. The number of ether oxygens (including phenoxy) is 4. The first-order valence-electron chi connectivity index (χ1n) is 40.6. The standard InChI is InChI=1S/C78H152O17P2/c1-6-9-12-15-18-21-24-26-27-28-33-37-42-47-52-57-62-76(81)89-68-74(95-78(83)64-59-54-49-44-39-34-30-29-32-36-40-45-50-55-60-71(4)5)70-93-97(86,87)91-66-72(79)65-90-96(84,85)92-69-73(67-88-75(80)61-56-51-46-41-35-23-20-17-14-11-8-3)94-77(82)63-58-53-48-43-38-31-25-22-19-16-13-10-7-2/h71-74,79H,6-70H2,1-5H3,(H,84,85)(H,86,87)/t72-,73+,74+/m0/s1. The number of esters is 4. The highest BCUT2D eigenvalue weighted by Crippen LogP contribution is 2.45. The molecule has 3 N–H and O–H groups in total. The second-order valence-corrected chi connectivity index (χ2v) is 31.5. The van der Waals surface area contributed by atoms with Gasteiger partial charge in [-0.2, -0.15) is 0 Å². The maximum atomic E-state index is 13.1. The molecule has 0 amide bonds. The summed E-state index contributed by atoms with van der Waals surface area (Å²) in [4.78, 5) is 72.9. The monoisotopic (exact) mass is 1420 g/mol. The third-order valence-electron chi connectivity index (χ3n) is 18.3. The summed E-state index contributed by atoms with van der Waals surface area (Å²) in [5, 5.41) is 10.6. The van der Waals surface area contributed by atoms with Crippen molar-refractivity contribution in [1.29, 1.82) is 0 Å². The van der Waals surface area contributed by atoms with Gasteiger partial charge in [0.25, 0.3) is 0 Å². The van der Waals surface area contributed by atoms with Crippen molar-refractivity contribution in [3.05, 3.63) is 0 Å². The van der Waals surface area contributed by atoms with E-state index in [4.69, 9.17) is 37.0 Å². The number of aliphatic hydroxyl groups excluding tert-OH is 1. The number of aliphatic hydroxyl groups is 1. The third-order valence-corrected chi connectivity index (χ3v) is 20.2. The third kappa shape index (κ3) is 72.2. The smallest absolute Gasteiger partial charge is 0.462 e. The van der Waals surface area contributed by atoms with Gasteiger partial charge in [0.1, 0.15) is 19.3 Å². The lowest BCUT2D eigenvalue weighted by Gasteiger charge is -2.21. The van der Waals surface area contributed by atoms with Crippen molar-refractivity contribution in [3.8, 4) is 0 Å². The summed E-state index contributed by atoms with van der Waals surface area (Å²) in [5.74, 6) is -1.31. The predicted molar refractivity (Wildman–Crippen MR) is 395 cm³/mol. The van der Waals surface area contributed by atoms with Gasteiger partial charge < -0.3 is 33.8 Å². The summed E-state index contributed by atoms with van der Waals surface area (Å²) in [6.45, 7) is 7.34. The van der Waals surface area contributed by atoms with Gasteiger partial charge in [0.15, 0.2) is 12.2 Å². The molecule has 0 rings (SSSR count). The van der Waals surface area contributed by atoms with Crippen molar-refractivity contribution >= 4 is 39.5 Å². The van der Waals surface area contributed by atoms with Crippen LogP contribution in [0.2, 0.25) is 0 Å². The largest absolute Gasteiger partial charge is 0.472 e. The van der Waals surface area contributed by atoms with Crippen LogP contribution in [0.5, 0.6) is 0 Å². The maximum absolute atomic E-state index is 13.1. The lowest BCUT2D eigenvalue weighted by molar-refractivity contribution is -0.161.